The van der Waals surface area contributed by atoms with Crippen molar-refractivity contribution in [2.45, 2.75) is 6.92 Å². The molecule has 0 fully saturated rings. The van der Waals surface area contributed by atoms with Crippen molar-refractivity contribution in [3.05, 3.63) is 82.8 Å². The van der Waals surface area contributed by atoms with Gasteiger partial charge in [0, 0.05) is 22.6 Å². The SMILES string of the molecule is Cc1c(Cl)cccc1NC(=O)c1ccc(Nc2ccc(F)cc2)nc1. The van der Waals surface area contributed by atoms with Crippen LogP contribution in [0.25, 0.3) is 0 Å². The maximum atomic E-state index is 12.9. The number of carbonyl (C=O) groups is 1. The van der Waals surface area contributed by atoms with E-state index in [4.69, 9.17) is 11.6 Å². The van der Waals surface area contributed by atoms with Crippen molar-refractivity contribution in [3.63, 3.8) is 0 Å². The minimum atomic E-state index is -0.304. The number of hydrogen-bond donors (Lipinski definition) is 2. The first-order valence-corrected chi connectivity index (χ1v) is 7.96. The second kappa shape index (κ2) is 7.32. The summed E-state index contributed by atoms with van der Waals surface area (Å²) in [5.41, 5.74) is 2.59. The number of nitrogens with zero attached hydrogens (tertiary/aromatic N) is 1. The molecule has 2 N–H and O–H groups in total. The van der Waals surface area contributed by atoms with Crippen LogP contribution >= 0.6 is 11.6 Å². The summed E-state index contributed by atoms with van der Waals surface area (Å²) >= 11 is 6.06. The van der Waals surface area contributed by atoms with Gasteiger partial charge >= 0.3 is 0 Å². The lowest BCUT2D eigenvalue weighted by atomic mass is 10.2. The van der Waals surface area contributed by atoms with Gasteiger partial charge in [0.15, 0.2) is 0 Å². The third-order valence-electron chi connectivity index (χ3n) is 3.66. The number of aromatic nitrogens is 1. The Hall–Kier alpha value is -2.92. The first kappa shape index (κ1) is 16.9. The lowest BCUT2D eigenvalue weighted by Crippen LogP contribution is -2.13. The number of rotatable bonds is 4. The molecule has 0 radical (unpaired) electrons. The molecule has 4 nitrogen and oxygen atoms in total. The standard InChI is InChI=1S/C19H15ClFN3O/c1-12-16(20)3-2-4-17(12)24-19(25)13-5-10-18(22-11-13)23-15-8-6-14(21)7-9-15/h2-11H,1H3,(H,22,23)(H,24,25). The Morgan fingerprint density at radius 2 is 1.84 bits per heavy atom. The van der Waals surface area contributed by atoms with Gasteiger partial charge in [-0.2, -0.15) is 0 Å². The second-order valence-electron chi connectivity index (χ2n) is 5.43. The largest absolute Gasteiger partial charge is 0.340 e. The highest BCUT2D eigenvalue weighted by Gasteiger charge is 2.09. The Labute approximate surface area is 149 Å². The fraction of sp³-hybridized carbons (Fsp3) is 0.0526. The summed E-state index contributed by atoms with van der Waals surface area (Å²) in [6.45, 7) is 1.84. The zero-order valence-electron chi connectivity index (χ0n) is 13.4. The average molecular weight is 356 g/mol. The van der Waals surface area contributed by atoms with Crippen LogP contribution in [0.2, 0.25) is 5.02 Å². The molecule has 0 unspecified atom stereocenters. The molecule has 0 saturated carbocycles. The van der Waals surface area contributed by atoms with E-state index in [1.54, 1.807) is 42.5 Å². The molecular formula is C19H15ClFN3O. The van der Waals surface area contributed by atoms with E-state index in [2.05, 4.69) is 15.6 Å². The summed E-state index contributed by atoms with van der Waals surface area (Å²) in [7, 11) is 0. The smallest absolute Gasteiger partial charge is 0.257 e. The minimum Gasteiger partial charge on any atom is -0.340 e. The molecule has 0 bridgehead atoms. The van der Waals surface area contributed by atoms with E-state index in [-0.39, 0.29) is 11.7 Å². The van der Waals surface area contributed by atoms with Crippen molar-refractivity contribution < 1.29 is 9.18 Å². The van der Waals surface area contributed by atoms with Gasteiger partial charge in [-0.15, -0.1) is 0 Å². The highest BCUT2D eigenvalue weighted by Crippen LogP contribution is 2.23. The molecule has 1 aromatic heterocycles. The molecule has 0 atom stereocenters. The number of pyridine rings is 1. The molecule has 6 heteroatoms. The molecule has 126 valence electrons. The van der Waals surface area contributed by atoms with Crippen LogP contribution in [-0.4, -0.2) is 10.9 Å². The molecule has 3 aromatic rings. The molecule has 0 aliphatic carbocycles. The number of halogens is 2. The van der Waals surface area contributed by atoms with Crippen LogP contribution in [0.4, 0.5) is 21.6 Å². The Kier molecular flexibility index (Phi) is 4.95. The fourth-order valence-electron chi connectivity index (χ4n) is 2.22. The maximum absolute atomic E-state index is 12.9. The first-order valence-electron chi connectivity index (χ1n) is 7.58. The van der Waals surface area contributed by atoms with E-state index in [1.165, 1.54) is 18.3 Å². The van der Waals surface area contributed by atoms with Crippen LogP contribution in [-0.2, 0) is 0 Å². The normalized spacial score (nSPS) is 10.4. The van der Waals surface area contributed by atoms with Gasteiger partial charge in [-0.05, 0) is 61.0 Å². The van der Waals surface area contributed by atoms with Gasteiger partial charge in [0.05, 0.1) is 5.56 Å². The monoisotopic (exact) mass is 355 g/mol. The van der Waals surface area contributed by atoms with Crippen LogP contribution < -0.4 is 10.6 Å². The minimum absolute atomic E-state index is 0.272. The van der Waals surface area contributed by atoms with Crippen molar-refractivity contribution in [2.24, 2.45) is 0 Å². The summed E-state index contributed by atoms with van der Waals surface area (Å²) in [6, 6.07) is 14.6. The Morgan fingerprint density at radius 3 is 2.52 bits per heavy atom. The quantitative estimate of drug-likeness (QED) is 0.678. The molecule has 0 spiro atoms. The summed E-state index contributed by atoms with van der Waals surface area (Å²) in [6.07, 6.45) is 1.47. The fourth-order valence-corrected chi connectivity index (χ4v) is 2.40. The van der Waals surface area contributed by atoms with Crippen LogP contribution in [0.3, 0.4) is 0 Å². The van der Waals surface area contributed by atoms with Crippen molar-refractivity contribution >= 4 is 34.7 Å². The Balaban J connectivity index is 1.70. The summed E-state index contributed by atoms with van der Waals surface area (Å²) in [4.78, 5) is 16.5. The van der Waals surface area contributed by atoms with E-state index < -0.39 is 0 Å². The molecule has 2 aromatic carbocycles. The third kappa shape index (κ3) is 4.14. The highest BCUT2D eigenvalue weighted by atomic mass is 35.5. The van der Waals surface area contributed by atoms with Gasteiger partial charge in [0.2, 0.25) is 0 Å². The number of nitrogens with one attached hydrogen (secondary N) is 2. The molecule has 1 heterocycles. The van der Waals surface area contributed by atoms with E-state index in [9.17, 15) is 9.18 Å². The topological polar surface area (TPSA) is 54.0 Å². The van der Waals surface area contributed by atoms with Gasteiger partial charge in [-0.25, -0.2) is 9.37 Å². The molecule has 0 aliphatic rings. The zero-order valence-corrected chi connectivity index (χ0v) is 14.1. The molecule has 0 aliphatic heterocycles. The number of hydrogen-bond acceptors (Lipinski definition) is 3. The maximum Gasteiger partial charge on any atom is 0.257 e. The van der Waals surface area contributed by atoms with Crippen molar-refractivity contribution in [3.8, 4) is 0 Å². The lowest BCUT2D eigenvalue weighted by molar-refractivity contribution is 0.102. The van der Waals surface area contributed by atoms with Gasteiger partial charge in [0.25, 0.3) is 5.91 Å². The van der Waals surface area contributed by atoms with E-state index in [1.807, 2.05) is 6.92 Å². The van der Waals surface area contributed by atoms with E-state index in [0.717, 1.165) is 5.56 Å². The molecule has 25 heavy (non-hydrogen) atoms. The predicted octanol–water partition coefficient (Wildman–Crippen LogP) is 5.18. The first-order chi connectivity index (χ1) is 12.0. The molecule has 0 saturated heterocycles. The summed E-state index contributed by atoms with van der Waals surface area (Å²) in [5, 5.41) is 6.45. The number of carbonyl (C=O) groups excluding carboxylic acids is 1. The van der Waals surface area contributed by atoms with E-state index in [0.29, 0.717) is 27.8 Å². The van der Waals surface area contributed by atoms with Crippen LogP contribution in [0.15, 0.2) is 60.8 Å². The van der Waals surface area contributed by atoms with Gasteiger partial charge in [-0.1, -0.05) is 17.7 Å². The highest BCUT2D eigenvalue weighted by molar-refractivity contribution is 6.31. The summed E-state index contributed by atoms with van der Waals surface area (Å²) in [5.74, 6) is -0.0184. The molecule has 1 amide bonds. The molecule has 3 rings (SSSR count). The van der Waals surface area contributed by atoms with Crippen molar-refractivity contribution in [1.82, 2.24) is 4.98 Å². The molecular weight excluding hydrogens is 341 g/mol. The zero-order chi connectivity index (χ0) is 17.8. The Morgan fingerprint density at radius 1 is 1.08 bits per heavy atom. The number of amides is 1. The van der Waals surface area contributed by atoms with Crippen molar-refractivity contribution in [1.29, 1.82) is 0 Å². The van der Waals surface area contributed by atoms with Gasteiger partial charge in [-0.3, -0.25) is 4.79 Å². The lowest BCUT2D eigenvalue weighted by Gasteiger charge is -2.10. The number of anilines is 3. The van der Waals surface area contributed by atoms with Crippen LogP contribution in [0.1, 0.15) is 15.9 Å². The van der Waals surface area contributed by atoms with Gasteiger partial charge in [0.1, 0.15) is 11.6 Å². The second-order valence-corrected chi connectivity index (χ2v) is 5.84. The third-order valence-corrected chi connectivity index (χ3v) is 4.07. The average Bonchev–Trinajstić information content (AvgIpc) is 2.61. The summed E-state index contributed by atoms with van der Waals surface area (Å²) < 4.78 is 12.9. The van der Waals surface area contributed by atoms with Crippen LogP contribution in [0.5, 0.6) is 0 Å². The predicted molar refractivity (Wildman–Crippen MR) is 98.1 cm³/mol. The number of benzene rings is 2. The van der Waals surface area contributed by atoms with Gasteiger partial charge < -0.3 is 10.6 Å². The van der Waals surface area contributed by atoms with Crippen molar-refractivity contribution in [2.75, 3.05) is 10.6 Å². The van der Waals surface area contributed by atoms with Crippen LogP contribution in [0, 0.1) is 12.7 Å². The van der Waals surface area contributed by atoms with E-state index >= 15 is 0 Å². The Bertz CT molecular complexity index is 896.